The Balaban J connectivity index is 1.47. The Morgan fingerprint density at radius 2 is 1.84 bits per heavy atom. The van der Waals surface area contributed by atoms with Gasteiger partial charge in [0.25, 0.3) is 0 Å². The first-order valence-corrected chi connectivity index (χ1v) is 10.1. The number of aryl methyl sites for hydroxylation is 1. The van der Waals surface area contributed by atoms with E-state index in [0.717, 1.165) is 47.5 Å². The average molecular weight is 366 g/mol. The highest BCUT2D eigenvalue weighted by molar-refractivity contribution is 6.31. The van der Waals surface area contributed by atoms with Crippen molar-refractivity contribution in [2.45, 2.75) is 70.6 Å². The number of piperidine rings is 1. The zero-order valence-electron chi connectivity index (χ0n) is 15.6. The summed E-state index contributed by atoms with van der Waals surface area (Å²) in [5.74, 6) is 0. The van der Waals surface area contributed by atoms with Crippen molar-refractivity contribution in [1.82, 2.24) is 4.90 Å². The van der Waals surface area contributed by atoms with Crippen LogP contribution in [0.3, 0.4) is 0 Å². The van der Waals surface area contributed by atoms with Crippen molar-refractivity contribution in [2.75, 3.05) is 30.7 Å². The number of hydrogen-bond donors (Lipinski definition) is 2. The zero-order valence-corrected chi connectivity index (χ0v) is 16.3. The second kappa shape index (κ2) is 8.61. The molecular formula is C20H32ClN3O. The predicted octanol–water partition coefficient (Wildman–Crippen LogP) is 4.45. The lowest BCUT2D eigenvalue weighted by Crippen LogP contribution is -2.46. The SMILES string of the molecule is CCOC1CCC(N2CCC(Nc3cc(Cl)c(C)cc3N)CC2)CC1. The Labute approximate surface area is 157 Å². The van der Waals surface area contributed by atoms with Gasteiger partial charge in [0.15, 0.2) is 0 Å². The molecule has 140 valence electrons. The first-order valence-electron chi connectivity index (χ1n) is 9.74. The third-order valence-corrected chi connectivity index (χ3v) is 6.19. The van der Waals surface area contributed by atoms with Crippen molar-refractivity contribution in [3.05, 3.63) is 22.7 Å². The molecule has 1 saturated carbocycles. The number of benzene rings is 1. The molecule has 0 aromatic heterocycles. The van der Waals surface area contributed by atoms with E-state index in [-0.39, 0.29) is 0 Å². The summed E-state index contributed by atoms with van der Waals surface area (Å²) in [6, 6.07) is 5.15. The van der Waals surface area contributed by atoms with Crippen molar-refractivity contribution in [1.29, 1.82) is 0 Å². The van der Waals surface area contributed by atoms with Gasteiger partial charge in [-0.25, -0.2) is 0 Å². The predicted molar refractivity (Wildman–Crippen MR) is 106 cm³/mol. The number of nitrogens with one attached hydrogen (secondary N) is 1. The molecule has 1 aromatic carbocycles. The second-order valence-electron chi connectivity index (χ2n) is 7.53. The fourth-order valence-electron chi connectivity index (χ4n) is 4.27. The van der Waals surface area contributed by atoms with Gasteiger partial charge in [-0.15, -0.1) is 0 Å². The van der Waals surface area contributed by atoms with Crippen LogP contribution < -0.4 is 11.1 Å². The van der Waals surface area contributed by atoms with Crippen LogP contribution in [0.4, 0.5) is 11.4 Å². The molecule has 5 heteroatoms. The van der Waals surface area contributed by atoms with Crippen LogP contribution >= 0.6 is 11.6 Å². The van der Waals surface area contributed by atoms with E-state index in [0.29, 0.717) is 12.1 Å². The van der Waals surface area contributed by atoms with Crippen LogP contribution in [0.1, 0.15) is 51.0 Å². The van der Waals surface area contributed by atoms with Crippen LogP contribution in [0.2, 0.25) is 5.02 Å². The van der Waals surface area contributed by atoms with Gasteiger partial charge in [-0.05, 0) is 70.1 Å². The van der Waals surface area contributed by atoms with Crippen molar-refractivity contribution >= 4 is 23.0 Å². The number of hydrogen-bond acceptors (Lipinski definition) is 4. The van der Waals surface area contributed by atoms with Gasteiger partial charge in [0.05, 0.1) is 17.5 Å². The number of ether oxygens (including phenoxy) is 1. The third-order valence-electron chi connectivity index (χ3n) is 5.78. The highest BCUT2D eigenvalue weighted by atomic mass is 35.5. The normalized spacial score (nSPS) is 25.9. The van der Waals surface area contributed by atoms with Crippen LogP contribution in [0.25, 0.3) is 0 Å². The highest BCUT2D eigenvalue weighted by Crippen LogP contribution is 2.30. The smallest absolute Gasteiger partial charge is 0.0591 e. The van der Waals surface area contributed by atoms with Crippen LogP contribution in [-0.4, -0.2) is 42.8 Å². The van der Waals surface area contributed by atoms with Gasteiger partial charge in [0.2, 0.25) is 0 Å². The van der Waals surface area contributed by atoms with Crippen LogP contribution in [0.5, 0.6) is 0 Å². The number of nitrogen functional groups attached to an aromatic ring is 1. The molecule has 1 aromatic rings. The summed E-state index contributed by atoms with van der Waals surface area (Å²) in [5, 5.41) is 4.39. The van der Waals surface area contributed by atoms with E-state index in [1.165, 1.54) is 38.8 Å². The molecule has 0 unspecified atom stereocenters. The number of nitrogens with zero attached hydrogens (tertiary/aromatic N) is 1. The van der Waals surface area contributed by atoms with E-state index >= 15 is 0 Å². The van der Waals surface area contributed by atoms with Crippen LogP contribution in [-0.2, 0) is 4.74 Å². The van der Waals surface area contributed by atoms with E-state index in [1.807, 2.05) is 19.1 Å². The van der Waals surface area contributed by atoms with E-state index in [4.69, 9.17) is 22.1 Å². The zero-order chi connectivity index (χ0) is 17.8. The van der Waals surface area contributed by atoms with Gasteiger partial charge in [0.1, 0.15) is 0 Å². The number of rotatable bonds is 5. The first kappa shape index (κ1) is 18.8. The number of halogens is 1. The minimum atomic E-state index is 0.483. The Morgan fingerprint density at radius 3 is 2.48 bits per heavy atom. The molecule has 25 heavy (non-hydrogen) atoms. The molecule has 1 aliphatic carbocycles. The molecule has 4 nitrogen and oxygen atoms in total. The van der Waals surface area contributed by atoms with Gasteiger partial charge in [-0.2, -0.15) is 0 Å². The van der Waals surface area contributed by atoms with Gasteiger partial charge in [-0.3, -0.25) is 0 Å². The van der Waals surface area contributed by atoms with E-state index in [2.05, 4.69) is 17.1 Å². The Kier molecular flexibility index (Phi) is 6.48. The fourth-order valence-corrected chi connectivity index (χ4v) is 4.43. The molecule has 1 heterocycles. The highest BCUT2D eigenvalue weighted by Gasteiger charge is 2.29. The molecule has 0 bridgehead atoms. The van der Waals surface area contributed by atoms with E-state index < -0.39 is 0 Å². The lowest BCUT2D eigenvalue weighted by atomic mass is 9.90. The summed E-state index contributed by atoms with van der Waals surface area (Å²) in [6.07, 6.45) is 7.82. The molecular weight excluding hydrogens is 334 g/mol. The molecule has 0 amide bonds. The monoisotopic (exact) mass is 365 g/mol. The summed E-state index contributed by atoms with van der Waals surface area (Å²) in [6.45, 7) is 7.26. The Hall–Kier alpha value is -0.970. The first-order chi connectivity index (χ1) is 12.1. The second-order valence-corrected chi connectivity index (χ2v) is 7.94. The van der Waals surface area contributed by atoms with Gasteiger partial charge in [0, 0.05) is 36.8 Å². The number of nitrogens with two attached hydrogens (primary N) is 1. The maximum absolute atomic E-state index is 6.25. The molecule has 0 atom stereocenters. The Morgan fingerprint density at radius 1 is 1.16 bits per heavy atom. The molecule has 1 aliphatic heterocycles. The van der Waals surface area contributed by atoms with E-state index in [1.54, 1.807) is 0 Å². The third kappa shape index (κ3) is 4.81. The maximum Gasteiger partial charge on any atom is 0.0591 e. The lowest BCUT2D eigenvalue weighted by Gasteiger charge is -2.41. The molecule has 3 rings (SSSR count). The van der Waals surface area contributed by atoms with Gasteiger partial charge in [-0.1, -0.05) is 11.6 Å². The maximum atomic E-state index is 6.25. The summed E-state index contributed by atoms with van der Waals surface area (Å²) in [7, 11) is 0. The summed E-state index contributed by atoms with van der Waals surface area (Å²) in [4.78, 5) is 2.69. The summed E-state index contributed by atoms with van der Waals surface area (Å²) < 4.78 is 5.78. The van der Waals surface area contributed by atoms with E-state index in [9.17, 15) is 0 Å². The summed E-state index contributed by atoms with van der Waals surface area (Å²) >= 11 is 6.25. The quantitative estimate of drug-likeness (QED) is 0.756. The topological polar surface area (TPSA) is 50.5 Å². The lowest BCUT2D eigenvalue weighted by molar-refractivity contribution is 0.00994. The molecule has 2 fully saturated rings. The molecule has 3 N–H and O–H groups in total. The summed E-state index contributed by atoms with van der Waals surface area (Å²) in [5.41, 5.74) is 8.94. The van der Waals surface area contributed by atoms with Crippen molar-refractivity contribution in [3.8, 4) is 0 Å². The number of anilines is 2. The number of likely N-dealkylation sites (tertiary alicyclic amines) is 1. The van der Waals surface area contributed by atoms with Crippen molar-refractivity contribution in [3.63, 3.8) is 0 Å². The van der Waals surface area contributed by atoms with Crippen molar-refractivity contribution < 1.29 is 4.74 Å². The van der Waals surface area contributed by atoms with Crippen molar-refractivity contribution in [2.24, 2.45) is 0 Å². The average Bonchev–Trinajstić information content (AvgIpc) is 2.61. The molecule has 2 aliphatic rings. The van der Waals surface area contributed by atoms with Crippen LogP contribution in [0.15, 0.2) is 12.1 Å². The standard InChI is InChI=1S/C20H32ClN3O/c1-3-25-17-6-4-16(5-7-17)24-10-8-15(9-11-24)23-20-13-18(21)14(2)12-19(20)22/h12-13,15-17,23H,3-11,22H2,1-2H3. The minimum Gasteiger partial charge on any atom is -0.397 e. The van der Waals surface area contributed by atoms with Gasteiger partial charge < -0.3 is 20.7 Å². The largest absolute Gasteiger partial charge is 0.397 e. The Bertz CT molecular complexity index is 564. The van der Waals surface area contributed by atoms with Crippen LogP contribution in [0, 0.1) is 6.92 Å². The molecule has 0 spiro atoms. The minimum absolute atomic E-state index is 0.483. The fraction of sp³-hybridized carbons (Fsp3) is 0.700. The molecule has 0 radical (unpaired) electrons. The molecule has 1 saturated heterocycles. The van der Waals surface area contributed by atoms with Gasteiger partial charge >= 0.3 is 0 Å².